The van der Waals surface area contributed by atoms with Gasteiger partial charge in [-0.2, -0.15) is 0 Å². The smallest absolute Gasteiger partial charge is 0.407 e. The van der Waals surface area contributed by atoms with Gasteiger partial charge in [0.15, 0.2) is 6.39 Å². The number of nitrogens with one attached hydrogen (secondary N) is 2. The van der Waals surface area contributed by atoms with Gasteiger partial charge in [-0.1, -0.05) is 0 Å². The molecule has 0 aliphatic rings. The SMILES string of the molecule is O=C(NCc1cnco1)OCCc1c(-c2ccc(F)cc2)[nH]c2c(F)cc(F)cc12. The summed E-state index contributed by atoms with van der Waals surface area (Å²) >= 11 is 0. The lowest BCUT2D eigenvalue weighted by Gasteiger charge is -2.08. The number of rotatable bonds is 6. The molecular weight excluding hydrogens is 399 g/mol. The summed E-state index contributed by atoms with van der Waals surface area (Å²) in [5.74, 6) is -1.42. The van der Waals surface area contributed by atoms with Crippen LogP contribution in [0.1, 0.15) is 11.3 Å². The Labute approximate surface area is 168 Å². The molecule has 1 amide bonds. The van der Waals surface area contributed by atoms with Crippen LogP contribution in [0.2, 0.25) is 0 Å². The Kier molecular flexibility index (Phi) is 5.42. The highest BCUT2D eigenvalue weighted by molar-refractivity contribution is 5.91. The molecule has 30 heavy (non-hydrogen) atoms. The first-order valence-corrected chi connectivity index (χ1v) is 9.05. The number of carbonyl (C=O) groups is 1. The van der Waals surface area contributed by atoms with Crippen molar-refractivity contribution in [1.29, 1.82) is 0 Å². The second-order valence-corrected chi connectivity index (χ2v) is 6.50. The first-order valence-electron chi connectivity index (χ1n) is 9.05. The first-order chi connectivity index (χ1) is 14.5. The standard InChI is InChI=1S/C21H16F3N3O3/c22-13-3-1-12(2-4-13)19-16(17-7-14(23)8-18(24)20(17)27-19)5-6-29-21(28)26-10-15-9-25-11-30-15/h1-4,7-9,11,27H,5-6,10H2,(H,26,28). The molecular formula is C21H16F3N3O3. The van der Waals surface area contributed by atoms with E-state index in [0.29, 0.717) is 28.0 Å². The van der Waals surface area contributed by atoms with Crippen LogP contribution in [0, 0.1) is 17.5 Å². The molecule has 0 saturated carbocycles. The number of fused-ring (bicyclic) bond motifs is 1. The van der Waals surface area contributed by atoms with E-state index in [4.69, 9.17) is 9.15 Å². The third-order valence-corrected chi connectivity index (χ3v) is 4.54. The largest absolute Gasteiger partial charge is 0.449 e. The van der Waals surface area contributed by atoms with Crippen LogP contribution in [-0.2, 0) is 17.7 Å². The van der Waals surface area contributed by atoms with Crippen LogP contribution in [0.3, 0.4) is 0 Å². The number of H-pyrrole nitrogens is 1. The number of hydrogen-bond donors (Lipinski definition) is 2. The van der Waals surface area contributed by atoms with Crippen molar-refractivity contribution in [2.45, 2.75) is 13.0 Å². The molecule has 2 heterocycles. The number of alkyl carbamates (subject to hydrolysis) is 1. The highest BCUT2D eigenvalue weighted by Gasteiger charge is 2.18. The summed E-state index contributed by atoms with van der Waals surface area (Å²) < 4.78 is 51.5. The number of ether oxygens (including phenoxy) is 1. The number of aromatic amines is 1. The van der Waals surface area contributed by atoms with E-state index in [0.717, 1.165) is 6.07 Å². The Balaban J connectivity index is 1.54. The zero-order chi connectivity index (χ0) is 21.1. The van der Waals surface area contributed by atoms with Gasteiger partial charge in [0, 0.05) is 23.6 Å². The second-order valence-electron chi connectivity index (χ2n) is 6.50. The summed E-state index contributed by atoms with van der Waals surface area (Å²) in [6.45, 7) is 0.0741. The number of oxazole rings is 1. The molecule has 0 bridgehead atoms. The Morgan fingerprint density at radius 1 is 1.13 bits per heavy atom. The van der Waals surface area contributed by atoms with E-state index in [1.165, 1.54) is 42.9 Å². The molecule has 0 spiro atoms. The van der Waals surface area contributed by atoms with Crippen molar-refractivity contribution in [2.24, 2.45) is 0 Å². The summed E-state index contributed by atoms with van der Waals surface area (Å²) in [5.41, 5.74) is 1.77. The fourth-order valence-electron chi connectivity index (χ4n) is 3.18. The van der Waals surface area contributed by atoms with Gasteiger partial charge < -0.3 is 19.5 Å². The molecule has 4 rings (SSSR count). The van der Waals surface area contributed by atoms with E-state index in [1.807, 2.05) is 0 Å². The molecule has 2 aromatic heterocycles. The molecule has 0 radical (unpaired) electrons. The lowest BCUT2D eigenvalue weighted by Crippen LogP contribution is -2.24. The molecule has 0 fully saturated rings. The predicted molar refractivity (Wildman–Crippen MR) is 102 cm³/mol. The highest BCUT2D eigenvalue weighted by atomic mass is 19.1. The molecule has 0 saturated heterocycles. The van der Waals surface area contributed by atoms with Crippen molar-refractivity contribution < 1.29 is 27.1 Å². The quantitative estimate of drug-likeness (QED) is 0.478. The van der Waals surface area contributed by atoms with E-state index >= 15 is 0 Å². The van der Waals surface area contributed by atoms with Crippen molar-refractivity contribution >= 4 is 17.0 Å². The van der Waals surface area contributed by atoms with Gasteiger partial charge in [0.2, 0.25) is 0 Å². The number of amides is 1. The minimum absolute atomic E-state index is 0.0402. The van der Waals surface area contributed by atoms with Gasteiger partial charge in [-0.25, -0.2) is 22.9 Å². The minimum Gasteiger partial charge on any atom is -0.449 e. The molecule has 0 unspecified atom stereocenters. The average Bonchev–Trinajstić information content (AvgIpc) is 3.36. The van der Waals surface area contributed by atoms with Gasteiger partial charge in [-0.05, 0) is 41.5 Å². The summed E-state index contributed by atoms with van der Waals surface area (Å²) in [7, 11) is 0. The molecule has 4 aromatic rings. The van der Waals surface area contributed by atoms with E-state index in [9.17, 15) is 18.0 Å². The van der Waals surface area contributed by atoms with E-state index in [1.54, 1.807) is 0 Å². The van der Waals surface area contributed by atoms with Crippen LogP contribution < -0.4 is 5.32 Å². The molecule has 0 aliphatic heterocycles. The Hall–Kier alpha value is -3.75. The van der Waals surface area contributed by atoms with Crippen LogP contribution in [0.5, 0.6) is 0 Å². The Morgan fingerprint density at radius 3 is 2.67 bits per heavy atom. The van der Waals surface area contributed by atoms with Crippen molar-refractivity contribution in [3.05, 3.63) is 77.8 Å². The third-order valence-electron chi connectivity index (χ3n) is 4.54. The maximum Gasteiger partial charge on any atom is 0.407 e. The summed E-state index contributed by atoms with van der Waals surface area (Å²) in [6, 6.07) is 7.60. The number of aromatic nitrogens is 2. The fraction of sp³-hybridized carbons (Fsp3) is 0.143. The van der Waals surface area contributed by atoms with Gasteiger partial charge in [-0.3, -0.25) is 0 Å². The van der Waals surface area contributed by atoms with Gasteiger partial charge >= 0.3 is 6.09 Å². The zero-order valence-corrected chi connectivity index (χ0v) is 15.5. The molecule has 0 aliphatic carbocycles. The molecule has 0 atom stereocenters. The summed E-state index contributed by atoms with van der Waals surface area (Å²) in [6.07, 6.45) is 2.22. The zero-order valence-electron chi connectivity index (χ0n) is 15.5. The molecule has 2 aromatic carbocycles. The monoisotopic (exact) mass is 415 g/mol. The number of hydrogen-bond acceptors (Lipinski definition) is 4. The van der Waals surface area contributed by atoms with Gasteiger partial charge in [-0.15, -0.1) is 0 Å². The summed E-state index contributed by atoms with van der Waals surface area (Å²) in [4.78, 5) is 18.5. The fourth-order valence-corrected chi connectivity index (χ4v) is 3.18. The van der Waals surface area contributed by atoms with E-state index in [2.05, 4.69) is 15.3 Å². The highest BCUT2D eigenvalue weighted by Crippen LogP contribution is 2.33. The van der Waals surface area contributed by atoms with Crippen LogP contribution in [0.25, 0.3) is 22.2 Å². The molecule has 6 nitrogen and oxygen atoms in total. The minimum atomic E-state index is -0.745. The number of benzene rings is 2. The molecule has 154 valence electrons. The van der Waals surface area contributed by atoms with Crippen LogP contribution >= 0.6 is 0 Å². The summed E-state index contributed by atoms with van der Waals surface area (Å²) in [5, 5.41) is 2.84. The van der Waals surface area contributed by atoms with Crippen LogP contribution in [0.4, 0.5) is 18.0 Å². The van der Waals surface area contributed by atoms with Crippen LogP contribution in [-0.4, -0.2) is 22.7 Å². The topological polar surface area (TPSA) is 80.2 Å². The molecule has 9 heteroatoms. The lowest BCUT2D eigenvalue weighted by molar-refractivity contribution is 0.146. The molecule has 2 N–H and O–H groups in total. The Bertz CT molecular complexity index is 1170. The van der Waals surface area contributed by atoms with Crippen molar-refractivity contribution in [2.75, 3.05) is 6.61 Å². The van der Waals surface area contributed by atoms with Crippen molar-refractivity contribution in [3.8, 4) is 11.3 Å². The van der Waals surface area contributed by atoms with Gasteiger partial charge in [0.25, 0.3) is 0 Å². The maximum atomic E-state index is 14.3. The van der Waals surface area contributed by atoms with Gasteiger partial charge in [0.05, 0.1) is 24.9 Å². The predicted octanol–water partition coefficient (Wildman–Crippen LogP) is 4.71. The number of nitrogens with zero attached hydrogens (tertiary/aromatic N) is 1. The number of halogens is 3. The lowest BCUT2D eigenvalue weighted by atomic mass is 10.0. The Morgan fingerprint density at radius 2 is 1.93 bits per heavy atom. The van der Waals surface area contributed by atoms with Gasteiger partial charge in [0.1, 0.15) is 23.2 Å². The normalized spacial score (nSPS) is 11.0. The van der Waals surface area contributed by atoms with Crippen molar-refractivity contribution in [1.82, 2.24) is 15.3 Å². The first kappa shape index (κ1) is 19.6. The average molecular weight is 415 g/mol. The third kappa shape index (κ3) is 4.14. The van der Waals surface area contributed by atoms with E-state index < -0.39 is 23.5 Å². The maximum absolute atomic E-state index is 14.3. The van der Waals surface area contributed by atoms with Crippen molar-refractivity contribution in [3.63, 3.8) is 0 Å². The van der Waals surface area contributed by atoms with Crippen LogP contribution in [0.15, 0.2) is 53.4 Å². The number of carbonyl (C=O) groups excluding carboxylic acids is 1. The second kappa shape index (κ2) is 8.32. The van der Waals surface area contributed by atoms with E-state index in [-0.39, 0.29) is 25.1 Å².